The molecule has 1 N–H and O–H groups in total. The average molecular weight is 417 g/mol. The van der Waals surface area contributed by atoms with Crippen LogP contribution in [0.15, 0.2) is 90.3 Å². The van der Waals surface area contributed by atoms with E-state index in [9.17, 15) is 4.79 Å². The van der Waals surface area contributed by atoms with E-state index in [0.717, 1.165) is 27.8 Å². The third-order valence-corrected chi connectivity index (χ3v) is 5.48. The number of carbonyl (C=O) groups is 1. The summed E-state index contributed by atoms with van der Waals surface area (Å²) in [5.41, 5.74) is 3.43. The van der Waals surface area contributed by atoms with Crippen molar-refractivity contribution < 1.29 is 9.53 Å². The zero-order chi connectivity index (χ0) is 20.8. The Morgan fingerprint density at radius 2 is 1.83 bits per heavy atom. The minimum Gasteiger partial charge on any atom is -0.497 e. The van der Waals surface area contributed by atoms with Crippen molar-refractivity contribution >= 4 is 23.4 Å². The summed E-state index contributed by atoms with van der Waals surface area (Å²) in [6.07, 6.45) is 1.69. The lowest BCUT2D eigenvalue weighted by Gasteiger charge is -2.08. The van der Waals surface area contributed by atoms with Gasteiger partial charge in [0.1, 0.15) is 12.1 Å². The third kappa shape index (κ3) is 4.69. The molecular weight excluding hydrogens is 396 g/mol. The summed E-state index contributed by atoms with van der Waals surface area (Å²) in [4.78, 5) is 12.4. The summed E-state index contributed by atoms with van der Waals surface area (Å²) < 4.78 is 7.22. The largest absolute Gasteiger partial charge is 0.497 e. The van der Waals surface area contributed by atoms with Crippen LogP contribution in [0.4, 0.5) is 5.69 Å². The summed E-state index contributed by atoms with van der Waals surface area (Å²) in [5, 5.41) is 11.9. The molecule has 30 heavy (non-hydrogen) atoms. The summed E-state index contributed by atoms with van der Waals surface area (Å²) in [5.74, 6) is 1.36. The monoisotopic (exact) mass is 416 g/mol. The van der Waals surface area contributed by atoms with Gasteiger partial charge in [-0.1, -0.05) is 48.2 Å². The highest BCUT2D eigenvalue weighted by atomic mass is 32.2. The molecule has 1 heterocycles. The van der Waals surface area contributed by atoms with Gasteiger partial charge in [-0.3, -0.25) is 9.36 Å². The Balaban J connectivity index is 1.40. The number of thioether (sulfide) groups is 1. The van der Waals surface area contributed by atoms with Gasteiger partial charge < -0.3 is 10.1 Å². The average Bonchev–Trinajstić information content (AvgIpc) is 3.27. The lowest BCUT2D eigenvalue weighted by molar-refractivity contribution is 0.102. The molecule has 0 saturated heterocycles. The van der Waals surface area contributed by atoms with Crippen LogP contribution in [-0.4, -0.2) is 27.8 Å². The van der Waals surface area contributed by atoms with E-state index in [4.69, 9.17) is 4.74 Å². The van der Waals surface area contributed by atoms with Crippen molar-refractivity contribution in [3.63, 3.8) is 0 Å². The van der Waals surface area contributed by atoms with E-state index in [1.165, 1.54) is 0 Å². The van der Waals surface area contributed by atoms with Gasteiger partial charge in [-0.2, -0.15) is 0 Å². The van der Waals surface area contributed by atoms with Crippen molar-refractivity contribution in [2.45, 2.75) is 10.9 Å². The number of nitrogens with zero attached hydrogens (tertiary/aromatic N) is 3. The van der Waals surface area contributed by atoms with Crippen molar-refractivity contribution in [2.24, 2.45) is 0 Å². The van der Waals surface area contributed by atoms with Gasteiger partial charge in [0.2, 0.25) is 0 Å². The topological polar surface area (TPSA) is 69.0 Å². The number of anilines is 1. The summed E-state index contributed by atoms with van der Waals surface area (Å²) in [6, 6.07) is 24.8. The highest BCUT2D eigenvalue weighted by Crippen LogP contribution is 2.25. The highest BCUT2D eigenvalue weighted by Gasteiger charge is 2.10. The minimum atomic E-state index is -0.127. The van der Waals surface area contributed by atoms with E-state index in [2.05, 4.69) is 15.5 Å². The van der Waals surface area contributed by atoms with E-state index in [0.29, 0.717) is 11.3 Å². The van der Waals surface area contributed by atoms with Crippen LogP contribution in [-0.2, 0) is 5.75 Å². The van der Waals surface area contributed by atoms with Crippen molar-refractivity contribution in [1.82, 2.24) is 14.8 Å². The third-order valence-electron chi connectivity index (χ3n) is 4.46. The minimum absolute atomic E-state index is 0.127. The molecule has 6 nitrogen and oxygen atoms in total. The SMILES string of the molecule is COc1cccc(-n2cnnc2SCc2ccc(C(=O)Nc3ccccc3)cc2)c1. The van der Waals surface area contributed by atoms with Gasteiger partial charge in [-0.05, 0) is 42.0 Å². The second-order valence-corrected chi connectivity index (χ2v) is 7.43. The first-order valence-corrected chi connectivity index (χ1v) is 10.3. The Morgan fingerprint density at radius 1 is 1.03 bits per heavy atom. The number of amides is 1. The van der Waals surface area contributed by atoms with Gasteiger partial charge in [0, 0.05) is 23.1 Å². The van der Waals surface area contributed by atoms with Gasteiger partial charge in [0.05, 0.1) is 12.8 Å². The molecule has 150 valence electrons. The molecule has 0 radical (unpaired) electrons. The van der Waals surface area contributed by atoms with Gasteiger partial charge >= 0.3 is 0 Å². The maximum Gasteiger partial charge on any atom is 0.255 e. The molecule has 4 aromatic rings. The van der Waals surface area contributed by atoms with E-state index >= 15 is 0 Å². The smallest absolute Gasteiger partial charge is 0.255 e. The van der Waals surface area contributed by atoms with E-state index in [1.54, 1.807) is 25.2 Å². The molecule has 0 atom stereocenters. The number of carbonyl (C=O) groups excluding carboxylic acids is 1. The maximum atomic E-state index is 12.4. The van der Waals surface area contributed by atoms with Gasteiger partial charge in [-0.15, -0.1) is 10.2 Å². The molecule has 4 rings (SSSR count). The number of ether oxygens (including phenoxy) is 1. The quantitative estimate of drug-likeness (QED) is 0.438. The number of para-hydroxylation sites is 1. The van der Waals surface area contributed by atoms with Crippen molar-refractivity contribution in [1.29, 1.82) is 0 Å². The Morgan fingerprint density at radius 3 is 2.60 bits per heavy atom. The number of aromatic nitrogens is 3. The number of nitrogens with one attached hydrogen (secondary N) is 1. The van der Waals surface area contributed by atoms with Crippen molar-refractivity contribution in [2.75, 3.05) is 12.4 Å². The fraction of sp³-hybridized carbons (Fsp3) is 0.0870. The molecule has 3 aromatic carbocycles. The molecule has 0 bridgehead atoms. The lowest BCUT2D eigenvalue weighted by atomic mass is 10.1. The summed E-state index contributed by atoms with van der Waals surface area (Å²) >= 11 is 1.58. The first-order chi connectivity index (χ1) is 14.7. The van der Waals surface area contributed by atoms with Crippen LogP contribution in [0.1, 0.15) is 15.9 Å². The maximum absolute atomic E-state index is 12.4. The molecule has 0 aliphatic carbocycles. The van der Waals surface area contributed by atoms with Crippen molar-refractivity contribution in [3.8, 4) is 11.4 Å². The van der Waals surface area contributed by atoms with Crippen LogP contribution >= 0.6 is 11.8 Å². The highest BCUT2D eigenvalue weighted by molar-refractivity contribution is 7.98. The molecule has 1 amide bonds. The number of methoxy groups -OCH3 is 1. The molecule has 0 spiro atoms. The second-order valence-electron chi connectivity index (χ2n) is 6.49. The molecule has 0 saturated carbocycles. The van der Waals surface area contributed by atoms with E-state index in [1.807, 2.05) is 83.4 Å². The van der Waals surface area contributed by atoms with Crippen LogP contribution < -0.4 is 10.1 Å². The fourth-order valence-electron chi connectivity index (χ4n) is 2.89. The van der Waals surface area contributed by atoms with Crippen LogP contribution in [0.2, 0.25) is 0 Å². The molecule has 0 unspecified atom stereocenters. The first-order valence-electron chi connectivity index (χ1n) is 9.35. The Hall–Kier alpha value is -3.58. The summed E-state index contributed by atoms with van der Waals surface area (Å²) in [6.45, 7) is 0. The fourth-order valence-corrected chi connectivity index (χ4v) is 3.77. The van der Waals surface area contributed by atoms with Crippen LogP contribution in [0.25, 0.3) is 5.69 Å². The second kappa shape index (κ2) is 9.28. The predicted octanol–water partition coefficient (Wildman–Crippen LogP) is 4.82. The standard InChI is InChI=1S/C23H20N4O2S/c1-29-21-9-5-8-20(14-21)27-16-24-26-23(27)30-15-17-10-12-18(13-11-17)22(28)25-19-6-3-2-4-7-19/h2-14,16H,15H2,1H3,(H,25,28). The zero-order valence-corrected chi connectivity index (χ0v) is 17.2. The number of rotatable bonds is 7. The number of hydrogen-bond acceptors (Lipinski definition) is 5. The van der Waals surface area contributed by atoms with E-state index < -0.39 is 0 Å². The Kier molecular flexibility index (Phi) is 6.10. The number of benzene rings is 3. The first kappa shape index (κ1) is 19.7. The lowest BCUT2D eigenvalue weighted by Crippen LogP contribution is -2.11. The zero-order valence-electron chi connectivity index (χ0n) is 16.4. The van der Waals surface area contributed by atoms with Gasteiger partial charge in [0.15, 0.2) is 5.16 Å². The van der Waals surface area contributed by atoms with Crippen molar-refractivity contribution in [3.05, 3.63) is 96.3 Å². The van der Waals surface area contributed by atoms with Gasteiger partial charge in [-0.25, -0.2) is 0 Å². The predicted molar refractivity (Wildman–Crippen MR) is 118 cm³/mol. The summed E-state index contributed by atoms with van der Waals surface area (Å²) in [7, 11) is 1.64. The van der Waals surface area contributed by atoms with Crippen LogP contribution in [0, 0.1) is 0 Å². The van der Waals surface area contributed by atoms with Gasteiger partial charge in [0.25, 0.3) is 5.91 Å². The number of hydrogen-bond donors (Lipinski definition) is 1. The Bertz CT molecular complexity index is 1130. The van der Waals surface area contributed by atoms with Crippen LogP contribution in [0.3, 0.4) is 0 Å². The molecule has 7 heteroatoms. The molecular formula is C23H20N4O2S. The molecule has 1 aromatic heterocycles. The van der Waals surface area contributed by atoms with Crippen LogP contribution in [0.5, 0.6) is 5.75 Å². The Labute approximate surface area is 178 Å². The molecule has 0 aliphatic rings. The molecule has 0 aliphatic heterocycles. The van der Waals surface area contributed by atoms with E-state index in [-0.39, 0.29) is 5.91 Å². The molecule has 0 fully saturated rings. The normalized spacial score (nSPS) is 10.6.